The number of pyridine rings is 2. The molecular weight excluding hydrogens is 879 g/mol. The van der Waals surface area contributed by atoms with Gasteiger partial charge in [0, 0.05) is 99.0 Å². The van der Waals surface area contributed by atoms with Gasteiger partial charge in [-0.05, 0) is 142 Å². The SMILES string of the molecule is Cc1cc(NC(=O)c2cncc(C#Cc3cnc4cccnn34)c2)ccc1CN1CC(C)(O)C1.Cc1cc(NC(=O)c2cncc(C#Cc3cnc4cccnn34)c2)ccc1CN1CCCN(C)CC1. The Bertz CT molecular complexity index is 3330. The number of benzene rings is 2. The van der Waals surface area contributed by atoms with E-state index in [1.807, 2.05) is 68.4 Å². The second-order valence-electron chi connectivity index (χ2n) is 18.1. The Morgan fingerprint density at radius 3 is 1.64 bits per heavy atom. The van der Waals surface area contributed by atoms with Gasteiger partial charge in [-0.25, -0.2) is 19.0 Å². The van der Waals surface area contributed by atoms with Gasteiger partial charge in [0.25, 0.3) is 11.8 Å². The number of likely N-dealkylation sites (N-methyl/N-ethyl adjacent to an activating group) is 1. The Balaban J connectivity index is 0.000000174. The van der Waals surface area contributed by atoms with Crippen molar-refractivity contribution in [2.45, 2.75) is 45.9 Å². The number of amides is 2. The number of β-amino-alcohol motifs (C(OH)–C–C–N with tert-alkyl or cyclic N) is 1. The molecule has 0 saturated carbocycles. The summed E-state index contributed by atoms with van der Waals surface area (Å²) in [4.78, 5) is 49.8. The van der Waals surface area contributed by atoms with Crippen LogP contribution in [-0.2, 0) is 13.1 Å². The van der Waals surface area contributed by atoms with E-state index in [4.69, 9.17) is 0 Å². The summed E-state index contributed by atoms with van der Waals surface area (Å²) in [6.07, 6.45) is 14.2. The first-order valence-corrected chi connectivity index (χ1v) is 23.1. The van der Waals surface area contributed by atoms with E-state index in [2.05, 4.69) is 99.2 Å². The smallest absolute Gasteiger partial charge is 0.257 e. The number of aromatic nitrogens is 8. The average molecular weight is 932 g/mol. The van der Waals surface area contributed by atoms with Crippen LogP contribution >= 0.6 is 0 Å². The Labute approximate surface area is 406 Å². The number of imidazole rings is 2. The minimum absolute atomic E-state index is 0.217. The Hall–Kier alpha value is -8.12. The van der Waals surface area contributed by atoms with Crippen molar-refractivity contribution in [3.8, 4) is 23.7 Å². The maximum absolute atomic E-state index is 12.9. The molecule has 6 aromatic heterocycles. The van der Waals surface area contributed by atoms with Gasteiger partial charge in [-0.2, -0.15) is 10.2 Å². The van der Waals surface area contributed by atoms with Crippen LogP contribution in [0.25, 0.3) is 11.3 Å². The highest BCUT2D eigenvalue weighted by molar-refractivity contribution is 6.05. The van der Waals surface area contributed by atoms with Gasteiger partial charge in [-0.15, -0.1) is 0 Å². The summed E-state index contributed by atoms with van der Waals surface area (Å²) in [5.41, 5.74) is 10.5. The molecule has 2 saturated heterocycles. The predicted molar refractivity (Wildman–Crippen MR) is 268 cm³/mol. The first kappa shape index (κ1) is 47.0. The zero-order valence-corrected chi connectivity index (χ0v) is 39.6. The molecule has 16 heteroatoms. The van der Waals surface area contributed by atoms with Crippen LogP contribution in [-0.4, -0.2) is 123 Å². The van der Waals surface area contributed by atoms with Crippen molar-refractivity contribution in [3.05, 3.63) is 178 Å². The number of rotatable bonds is 8. The van der Waals surface area contributed by atoms with Gasteiger partial charge in [0.1, 0.15) is 11.4 Å². The van der Waals surface area contributed by atoms with E-state index in [1.54, 1.807) is 64.5 Å². The molecule has 0 atom stereocenters. The molecule has 0 unspecified atom stereocenters. The second kappa shape index (κ2) is 21.0. The minimum Gasteiger partial charge on any atom is -0.388 e. The summed E-state index contributed by atoms with van der Waals surface area (Å²) in [5.74, 6) is 11.7. The molecule has 2 aliphatic heterocycles. The summed E-state index contributed by atoms with van der Waals surface area (Å²) < 4.78 is 3.33. The number of carbonyl (C=O) groups excluding carboxylic acids is 2. The lowest BCUT2D eigenvalue weighted by atomic mass is 9.95. The van der Waals surface area contributed by atoms with Crippen molar-refractivity contribution >= 4 is 34.5 Å². The van der Waals surface area contributed by atoms with Gasteiger partial charge in [-0.3, -0.25) is 29.4 Å². The molecule has 0 radical (unpaired) electrons. The van der Waals surface area contributed by atoms with Crippen molar-refractivity contribution in [2.75, 3.05) is 56.9 Å². The molecule has 2 aromatic carbocycles. The molecule has 16 nitrogen and oxygen atoms in total. The fraction of sp³-hybridized carbons (Fsp3) is 0.259. The highest BCUT2D eigenvalue weighted by atomic mass is 16.3. The van der Waals surface area contributed by atoms with Crippen molar-refractivity contribution < 1.29 is 14.7 Å². The number of likely N-dealkylation sites (tertiary alicyclic amines) is 1. The van der Waals surface area contributed by atoms with E-state index < -0.39 is 5.60 Å². The topological polar surface area (TPSA) is 174 Å². The van der Waals surface area contributed by atoms with Crippen LogP contribution in [0.15, 0.2) is 122 Å². The molecule has 0 bridgehead atoms. The number of nitrogens with zero attached hydrogens (tertiary/aromatic N) is 11. The van der Waals surface area contributed by atoms with Crippen LogP contribution in [0.4, 0.5) is 11.4 Å². The lowest BCUT2D eigenvalue weighted by Crippen LogP contribution is -2.59. The number of anilines is 2. The summed E-state index contributed by atoms with van der Waals surface area (Å²) in [6.45, 7) is 13.5. The molecule has 0 aliphatic carbocycles. The van der Waals surface area contributed by atoms with Crippen molar-refractivity contribution in [1.82, 2.24) is 53.9 Å². The Kier molecular flexibility index (Phi) is 14.1. The lowest BCUT2D eigenvalue weighted by Gasteiger charge is -2.44. The van der Waals surface area contributed by atoms with E-state index in [9.17, 15) is 14.7 Å². The molecule has 0 spiro atoms. The van der Waals surface area contributed by atoms with E-state index in [-0.39, 0.29) is 11.8 Å². The van der Waals surface area contributed by atoms with E-state index in [0.29, 0.717) is 46.7 Å². The second-order valence-corrected chi connectivity index (χ2v) is 18.1. The Morgan fingerprint density at radius 1 is 0.629 bits per heavy atom. The summed E-state index contributed by atoms with van der Waals surface area (Å²) in [7, 11) is 2.18. The number of nitrogens with one attached hydrogen (secondary N) is 2. The largest absolute Gasteiger partial charge is 0.388 e. The van der Waals surface area contributed by atoms with Crippen molar-refractivity contribution in [3.63, 3.8) is 0 Å². The van der Waals surface area contributed by atoms with Gasteiger partial charge in [0.05, 0.1) is 29.1 Å². The maximum Gasteiger partial charge on any atom is 0.257 e. The van der Waals surface area contributed by atoms with Gasteiger partial charge in [0.2, 0.25) is 0 Å². The number of hydrogen-bond acceptors (Lipinski definition) is 12. The fourth-order valence-electron chi connectivity index (χ4n) is 8.44. The number of aliphatic hydroxyl groups is 1. The minimum atomic E-state index is -0.585. The predicted octanol–water partition coefficient (Wildman–Crippen LogP) is 5.87. The average Bonchev–Trinajstić information content (AvgIpc) is 3.90. The van der Waals surface area contributed by atoms with Crippen LogP contribution < -0.4 is 10.6 Å². The molecule has 352 valence electrons. The number of aryl methyl sites for hydroxylation is 2. The number of hydrogen-bond donors (Lipinski definition) is 3. The first-order chi connectivity index (χ1) is 33.9. The lowest BCUT2D eigenvalue weighted by molar-refractivity contribution is -0.0872. The third kappa shape index (κ3) is 11.8. The van der Waals surface area contributed by atoms with Crippen LogP contribution in [0.1, 0.15) is 78.8 Å². The molecule has 2 amide bonds. The molecule has 8 heterocycles. The quantitative estimate of drug-likeness (QED) is 0.155. The van der Waals surface area contributed by atoms with Crippen LogP contribution in [0.5, 0.6) is 0 Å². The zero-order valence-electron chi connectivity index (χ0n) is 39.6. The monoisotopic (exact) mass is 931 g/mol. The molecule has 2 fully saturated rings. The fourth-order valence-corrected chi connectivity index (χ4v) is 8.44. The normalized spacial score (nSPS) is 14.8. The number of carbonyl (C=O) groups is 2. The van der Waals surface area contributed by atoms with Crippen molar-refractivity contribution in [1.29, 1.82) is 0 Å². The van der Waals surface area contributed by atoms with E-state index >= 15 is 0 Å². The molecule has 10 rings (SSSR count). The standard InChI is InChI=1S/C28H29N7O.C26H24N6O2/c1-21-15-25(8-7-23(21)20-34-12-4-11-33(2)13-14-34)32-28(36)24-16-22(17-29-18-24)6-9-26-19-30-27-5-3-10-31-35(26)27;1-18-10-22(7-6-20(18)15-31-16-26(2,34)17-31)30-25(33)21-11-19(12-27-13-21)5-8-23-14-28-24-4-3-9-29-32(23)24/h3,5,7-8,10,15-19H,4,11-14,20H2,1-2H3,(H,32,36);3-4,6-7,9-14,34H,15-17H2,1-2H3,(H,30,33). The molecule has 70 heavy (non-hydrogen) atoms. The summed E-state index contributed by atoms with van der Waals surface area (Å²) in [5, 5.41) is 24.4. The number of fused-ring (bicyclic) bond motifs is 2. The zero-order chi connectivity index (χ0) is 48.6. The van der Waals surface area contributed by atoms with Gasteiger partial charge >= 0.3 is 0 Å². The highest BCUT2D eigenvalue weighted by Gasteiger charge is 2.36. The van der Waals surface area contributed by atoms with E-state index in [0.717, 1.165) is 67.5 Å². The summed E-state index contributed by atoms with van der Waals surface area (Å²) >= 11 is 0. The maximum atomic E-state index is 12.9. The van der Waals surface area contributed by atoms with Gasteiger partial charge < -0.3 is 20.6 Å². The van der Waals surface area contributed by atoms with E-state index in [1.165, 1.54) is 29.3 Å². The molecule has 3 N–H and O–H groups in total. The summed E-state index contributed by atoms with van der Waals surface area (Å²) in [6, 6.07) is 22.8. The third-order valence-electron chi connectivity index (χ3n) is 12.2. The van der Waals surface area contributed by atoms with Gasteiger partial charge in [-0.1, -0.05) is 24.0 Å². The van der Waals surface area contributed by atoms with Gasteiger partial charge in [0.15, 0.2) is 11.3 Å². The Morgan fingerprint density at radius 2 is 1.14 bits per heavy atom. The highest BCUT2D eigenvalue weighted by Crippen LogP contribution is 2.25. The molecule has 8 aromatic rings. The third-order valence-corrected chi connectivity index (χ3v) is 12.2. The van der Waals surface area contributed by atoms with Crippen molar-refractivity contribution in [2.24, 2.45) is 0 Å². The van der Waals surface area contributed by atoms with Crippen LogP contribution in [0.2, 0.25) is 0 Å². The van der Waals surface area contributed by atoms with Crippen LogP contribution in [0, 0.1) is 37.5 Å². The first-order valence-electron chi connectivity index (χ1n) is 23.1. The van der Waals surface area contributed by atoms with Crippen LogP contribution in [0.3, 0.4) is 0 Å². The molecule has 2 aliphatic rings. The molecular formula is C54H53N13O3.